The van der Waals surface area contributed by atoms with Crippen molar-refractivity contribution in [3.05, 3.63) is 74.1 Å². The molecule has 1 N–H and O–H groups in total. The SMILES string of the molecule is COc1ccc([C@@H]2c3c(oc4cc(C)c(Cl)cc4c3=O)C(=O)N2CCCO)cc1. The summed E-state index contributed by atoms with van der Waals surface area (Å²) >= 11 is 6.22. The Bertz CT molecular complexity index is 1150. The molecule has 2 heterocycles. The van der Waals surface area contributed by atoms with E-state index in [1.165, 1.54) is 0 Å². The van der Waals surface area contributed by atoms with Gasteiger partial charge in [0.05, 0.1) is 24.1 Å². The Morgan fingerprint density at radius 1 is 1.21 bits per heavy atom. The molecule has 0 fully saturated rings. The fourth-order valence-corrected chi connectivity index (χ4v) is 3.91. The normalized spacial score (nSPS) is 15.8. The fraction of sp³-hybridized carbons (Fsp3) is 0.273. The minimum absolute atomic E-state index is 0.0444. The number of carbonyl (C=O) groups excluding carboxylic acids is 1. The predicted molar refractivity (Wildman–Crippen MR) is 110 cm³/mol. The molecule has 1 atom stereocenters. The van der Waals surface area contributed by atoms with Gasteiger partial charge in [-0.3, -0.25) is 9.59 Å². The molecule has 7 heteroatoms. The van der Waals surface area contributed by atoms with E-state index in [1.54, 1.807) is 36.3 Å². The zero-order valence-electron chi connectivity index (χ0n) is 16.1. The lowest BCUT2D eigenvalue weighted by Gasteiger charge is -2.25. The third-order valence-electron chi connectivity index (χ3n) is 5.24. The molecule has 0 unspecified atom stereocenters. The number of halogens is 1. The fourth-order valence-electron chi connectivity index (χ4n) is 3.75. The summed E-state index contributed by atoms with van der Waals surface area (Å²) < 4.78 is 11.1. The number of amides is 1. The molecule has 6 nitrogen and oxygen atoms in total. The van der Waals surface area contributed by atoms with Gasteiger partial charge in [0.2, 0.25) is 5.76 Å². The molecule has 0 spiro atoms. The number of aryl methyl sites for hydroxylation is 1. The van der Waals surface area contributed by atoms with Gasteiger partial charge < -0.3 is 19.2 Å². The van der Waals surface area contributed by atoms with E-state index in [9.17, 15) is 14.7 Å². The lowest BCUT2D eigenvalue weighted by atomic mass is 9.98. The second-order valence-electron chi connectivity index (χ2n) is 7.02. The standard InChI is InChI=1S/C22H20ClNO5/c1-12-10-17-15(11-16(12)23)20(26)18-19(13-4-6-14(28-2)7-5-13)24(8-3-9-25)22(27)21(18)29-17/h4-7,10-11,19,25H,3,8-9H2,1-2H3/t19-/m1/s1. The van der Waals surface area contributed by atoms with Crippen molar-refractivity contribution in [2.24, 2.45) is 0 Å². The topological polar surface area (TPSA) is 80.0 Å². The van der Waals surface area contributed by atoms with Crippen LogP contribution in [0.3, 0.4) is 0 Å². The largest absolute Gasteiger partial charge is 0.497 e. The molecule has 1 aromatic heterocycles. The molecule has 0 saturated heterocycles. The van der Waals surface area contributed by atoms with Crippen molar-refractivity contribution < 1.29 is 19.1 Å². The van der Waals surface area contributed by atoms with Crippen LogP contribution >= 0.6 is 11.6 Å². The molecule has 0 bridgehead atoms. The number of benzene rings is 2. The highest BCUT2D eigenvalue weighted by atomic mass is 35.5. The number of aliphatic hydroxyl groups is 1. The smallest absolute Gasteiger partial charge is 0.290 e. The van der Waals surface area contributed by atoms with E-state index in [0.717, 1.165) is 11.1 Å². The molecule has 1 amide bonds. The minimum atomic E-state index is -0.601. The Hall–Kier alpha value is -2.83. The lowest BCUT2D eigenvalue weighted by molar-refractivity contribution is 0.0716. The first-order valence-corrected chi connectivity index (χ1v) is 9.66. The van der Waals surface area contributed by atoms with Crippen LogP contribution in [-0.4, -0.2) is 36.2 Å². The van der Waals surface area contributed by atoms with Gasteiger partial charge in [0.15, 0.2) is 5.43 Å². The predicted octanol–water partition coefficient (Wildman–Crippen LogP) is 3.69. The van der Waals surface area contributed by atoms with Crippen LogP contribution in [0.25, 0.3) is 11.0 Å². The quantitative estimate of drug-likeness (QED) is 0.690. The Balaban J connectivity index is 1.95. The van der Waals surface area contributed by atoms with Gasteiger partial charge in [0.1, 0.15) is 11.3 Å². The maximum Gasteiger partial charge on any atom is 0.290 e. The zero-order valence-corrected chi connectivity index (χ0v) is 16.8. The van der Waals surface area contributed by atoms with Crippen LogP contribution in [0.4, 0.5) is 0 Å². The number of fused-ring (bicyclic) bond motifs is 2. The number of hydrogen-bond acceptors (Lipinski definition) is 5. The van der Waals surface area contributed by atoms with Crippen molar-refractivity contribution in [2.45, 2.75) is 19.4 Å². The van der Waals surface area contributed by atoms with Crippen LogP contribution in [0, 0.1) is 6.92 Å². The summed E-state index contributed by atoms with van der Waals surface area (Å²) in [7, 11) is 1.57. The Labute approximate surface area is 172 Å². The van der Waals surface area contributed by atoms with Crippen molar-refractivity contribution in [3.63, 3.8) is 0 Å². The summed E-state index contributed by atoms with van der Waals surface area (Å²) in [5.41, 5.74) is 1.88. The Morgan fingerprint density at radius 3 is 2.59 bits per heavy atom. The summed E-state index contributed by atoms with van der Waals surface area (Å²) in [6.07, 6.45) is 0.394. The van der Waals surface area contributed by atoms with Crippen molar-refractivity contribution in [1.29, 1.82) is 0 Å². The van der Waals surface area contributed by atoms with E-state index >= 15 is 0 Å². The molecule has 0 saturated carbocycles. The third-order valence-corrected chi connectivity index (χ3v) is 5.64. The average Bonchev–Trinajstić information content (AvgIpc) is 3.00. The number of methoxy groups -OCH3 is 1. The van der Waals surface area contributed by atoms with E-state index < -0.39 is 6.04 Å². The van der Waals surface area contributed by atoms with Gasteiger partial charge in [0, 0.05) is 18.2 Å². The number of hydrogen-bond donors (Lipinski definition) is 1. The molecule has 4 rings (SSSR count). The second-order valence-corrected chi connectivity index (χ2v) is 7.43. The average molecular weight is 414 g/mol. The molecule has 2 aromatic carbocycles. The van der Waals surface area contributed by atoms with Crippen LogP contribution in [0.5, 0.6) is 5.75 Å². The van der Waals surface area contributed by atoms with Crippen LogP contribution in [0.1, 0.15) is 39.7 Å². The molecule has 3 aromatic rings. The molecule has 0 radical (unpaired) electrons. The van der Waals surface area contributed by atoms with Crippen LogP contribution in [-0.2, 0) is 0 Å². The number of carbonyl (C=O) groups is 1. The van der Waals surface area contributed by atoms with Gasteiger partial charge in [-0.25, -0.2) is 0 Å². The number of rotatable bonds is 5. The molecular formula is C22H20ClNO5. The van der Waals surface area contributed by atoms with Crippen molar-refractivity contribution in [2.75, 3.05) is 20.3 Å². The van der Waals surface area contributed by atoms with Crippen LogP contribution < -0.4 is 10.2 Å². The van der Waals surface area contributed by atoms with E-state index in [0.29, 0.717) is 40.3 Å². The molecule has 1 aliphatic heterocycles. The van der Waals surface area contributed by atoms with E-state index in [1.807, 2.05) is 19.1 Å². The summed E-state index contributed by atoms with van der Waals surface area (Å²) in [5.74, 6) is 0.358. The maximum absolute atomic E-state index is 13.4. The Morgan fingerprint density at radius 2 is 1.93 bits per heavy atom. The summed E-state index contributed by atoms with van der Waals surface area (Å²) in [6, 6.07) is 9.87. The highest BCUT2D eigenvalue weighted by Crippen LogP contribution is 2.39. The van der Waals surface area contributed by atoms with Crippen molar-refractivity contribution in [1.82, 2.24) is 4.90 Å². The molecular weight excluding hydrogens is 394 g/mol. The first-order chi connectivity index (χ1) is 14.0. The van der Waals surface area contributed by atoms with Gasteiger partial charge in [-0.05, 0) is 48.7 Å². The number of aliphatic hydroxyl groups excluding tert-OH is 1. The van der Waals surface area contributed by atoms with Crippen LogP contribution in [0.2, 0.25) is 5.02 Å². The van der Waals surface area contributed by atoms with Gasteiger partial charge in [0.25, 0.3) is 5.91 Å². The lowest BCUT2D eigenvalue weighted by Crippen LogP contribution is -2.31. The third kappa shape index (κ3) is 3.18. The van der Waals surface area contributed by atoms with Crippen LogP contribution in [0.15, 0.2) is 45.6 Å². The summed E-state index contributed by atoms with van der Waals surface area (Å²) in [5, 5.41) is 10.1. The molecule has 29 heavy (non-hydrogen) atoms. The molecule has 1 aliphatic rings. The van der Waals surface area contributed by atoms with E-state index in [2.05, 4.69) is 0 Å². The van der Waals surface area contributed by atoms with Crippen molar-refractivity contribution in [3.8, 4) is 5.75 Å². The second kappa shape index (κ2) is 7.54. The summed E-state index contributed by atoms with van der Waals surface area (Å²) in [6.45, 7) is 2.05. The minimum Gasteiger partial charge on any atom is -0.497 e. The van der Waals surface area contributed by atoms with E-state index in [-0.39, 0.29) is 23.7 Å². The monoisotopic (exact) mass is 413 g/mol. The first-order valence-electron chi connectivity index (χ1n) is 9.29. The zero-order chi connectivity index (χ0) is 20.7. The number of ether oxygens (including phenoxy) is 1. The highest BCUT2D eigenvalue weighted by Gasteiger charge is 2.42. The molecule has 0 aliphatic carbocycles. The van der Waals surface area contributed by atoms with Crippen molar-refractivity contribution >= 4 is 28.5 Å². The van der Waals surface area contributed by atoms with Gasteiger partial charge in [-0.15, -0.1) is 0 Å². The van der Waals surface area contributed by atoms with Gasteiger partial charge in [-0.1, -0.05) is 23.7 Å². The number of nitrogens with zero attached hydrogens (tertiary/aromatic N) is 1. The Kier molecular flexibility index (Phi) is 5.06. The highest BCUT2D eigenvalue weighted by molar-refractivity contribution is 6.32. The molecule has 150 valence electrons. The van der Waals surface area contributed by atoms with Gasteiger partial charge in [-0.2, -0.15) is 0 Å². The first kappa shape index (κ1) is 19.5. The summed E-state index contributed by atoms with van der Waals surface area (Å²) in [4.78, 5) is 28.1. The van der Waals surface area contributed by atoms with Gasteiger partial charge >= 0.3 is 0 Å². The van der Waals surface area contributed by atoms with E-state index in [4.69, 9.17) is 20.8 Å². The maximum atomic E-state index is 13.4.